The number of amides is 2. The second kappa shape index (κ2) is 4.49. The lowest BCUT2D eigenvalue weighted by Gasteiger charge is -2.43. The lowest BCUT2D eigenvalue weighted by Crippen LogP contribution is -2.58. The summed E-state index contributed by atoms with van der Waals surface area (Å²) in [5, 5.41) is 5.11. The average Bonchev–Trinajstić information content (AvgIpc) is 2.80. The molecule has 1 aliphatic carbocycles. The van der Waals surface area contributed by atoms with Crippen molar-refractivity contribution in [2.75, 3.05) is 11.7 Å². The Morgan fingerprint density at radius 1 is 1.14 bits per heavy atom. The molecule has 2 aliphatic heterocycles. The Balaban J connectivity index is 1.74. The van der Waals surface area contributed by atoms with E-state index in [1.807, 2.05) is 35.2 Å². The van der Waals surface area contributed by atoms with Crippen LogP contribution in [0.5, 0.6) is 0 Å². The molecular formula is C16H20N4O. The highest BCUT2D eigenvalue weighted by molar-refractivity contribution is 5.94. The predicted octanol–water partition coefficient (Wildman–Crippen LogP) is 2.54. The minimum absolute atomic E-state index is 0.00771. The number of urea groups is 1. The molecule has 0 radical (unpaired) electrons. The molecule has 2 amide bonds. The molecule has 1 atom stereocenters. The number of hydrogen-bond donors (Lipinski definition) is 2. The molecular weight excluding hydrogens is 264 g/mol. The quantitative estimate of drug-likeness (QED) is 0.833. The Morgan fingerprint density at radius 2 is 1.90 bits per heavy atom. The molecule has 5 nitrogen and oxygen atoms in total. The van der Waals surface area contributed by atoms with E-state index in [1.165, 1.54) is 24.1 Å². The molecule has 0 bridgehead atoms. The van der Waals surface area contributed by atoms with Gasteiger partial charge in [0.2, 0.25) is 0 Å². The molecule has 0 saturated carbocycles. The summed E-state index contributed by atoms with van der Waals surface area (Å²) < 4.78 is 0. The van der Waals surface area contributed by atoms with E-state index in [2.05, 4.69) is 17.7 Å². The molecule has 3 aliphatic rings. The summed E-state index contributed by atoms with van der Waals surface area (Å²) in [6.45, 7) is 2.69. The maximum Gasteiger partial charge on any atom is 0.342 e. The number of fused-ring (bicyclic) bond motifs is 2. The van der Waals surface area contributed by atoms with Gasteiger partial charge in [-0.25, -0.2) is 9.80 Å². The van der Waals surface area contributed by atoms with Crippen LogP contribution < -0.4 is 15.8 Å². The standard InChI is InChI=1S/C16H20N4O/c1-16-13-9-5-6-10-14(13)17-11-19(16)15(21)20(18-16)12-7-3-2-4-8-12/h2-4,7-8,17-18H,5-6,9-11H2,1H3. The molecule has 110 valence electrons. The van der Waals surface area contributed by atoms with E-state index >= 15 is 0 Å². The van der Waals surface area contributed by atoms with Gasteiger partial charge in [0.15, 0.2) is 0 Å². The summed E-state index contributed by atoms with van der Waals surface area (Å²) in [4.78, 5) is 14.6. The van der Waals surface area contributed by atoms with Crippen LogP contribution in [0.1, 0.15) is 32.6 Å². The molecule has 2 heterocycles. The lowest BCUT2D eigenvalue weighted by molar-refractivity contribution is 0.147. The Labute approximate surface area is 124 Å². The number of benzene rings is 1. The number of hydrazine groups is 1. The minimum Gasteiger partial charge on any atom is -0.371 e. The summed E-state index contributed by atoms with van der Waals surface area (Å²) in [6, 6.07) is 9.78. The number of carbonyl (C=O) groups is 1. The fourth-order valence-electron chi connectivity index (χ4n) is 3.66. The zero-order chi connectivity index (χ0) is 14.4. The van der Waals surface area contributed by atoms with Crippen molar-refractivity contribution in [2.24, 2.45) is 0 Å². The fraction of sp³-hybridized carbons (Fsp3) is 0.438. The zero-order valence-electron chi connectivity index (χ0n) is 12.2. The molecule has 1 aromatic carbocycles. The molecule has 0 aromatic heterocycles. The molecule has 5 heteroatoms. The van der Waals surface area contributed by atoms with Crippen LogP contribution in [0, 0.1) is 0 Å². The summed E-state index contributed by atoms with van der Waals surface area (Å²) in [5.41, 5.74) is 6.61. The number of hydrogen-bond acceptors (Lipinski definition) is 3. The number of allylic oxidation sites excluding steroid dienone is 1. The second-order valence-electron chi connectivity index (χ2n) is 6.06. The highest BCUT2D eigenvalue weighted by Crippen LogP contribution is 2.40. The van der Waals surface area contributed by atoms with Crippen LogP contribution in [0.4, 0.5) is 10.5 Å². The average molecular weight is 284 g/mol. The third kappa shape index (κ3) is 1.77. The molecule has 0 spiro atoms. The van der Waals surface area contributed by atoms with E-state index in [4.69, 9.17) is 0 Å². The van der Waals surface area contributed by atoms with Crippen LogP contribution in [-0.4, -0.2) is 23.3 Å². The van der Waals surface area contributed by atoms with E-state index in [-0.39, 0.29) is 6.03 Å². The Kier molecular flexibility index (Phi) is 2.72. The van der Waals surface area contributed by atoms with Crippen molar-refractivity contribution in [3.63, 3.8) is 0 Å². The maximum atomic E-state index is 12.7. The second-order valence-corrected chi connectivity index (χ2v) is 6.06. The SMILES string of the molecule is CC12NN(c3ccccc3)C(=O)N1CNC1=C2CCCC1. The van der Waals surface area contributed by atoms with E-state index in [0.29, 0.717) is 6.67 Å². The predicted molar refractivity (Wildman–Crippen MR) is 81.2 cm³/mol. The van der Waals surface area contributed by atoms with Crippen molar-refractivity contribution >= 4 is 11.7 Å². The molecule has 21 heavy (non-hydrogen) atoms. The first-order chi connectivity index (χ1) is 10.2. The van der Waals surface area contributed by atoms with Crippen molar-refractivity contribution in [1.29, 1.82) is 0 Å². The number of para-hydroxylation sites is 1. The van der Waals surface area contributed by atoms with Crippen molar-refractivity contribution in [2.45, 2.75) is 38.3 Å². The third-order valence-corrected chi connectivity index (χ3v) is 4.81. The van der Waals surface area contributed by atoms with Gasteiger partial charge in [-0.15, -0.1) is 0 Å². The summed E-state index contributed by atoms with van der Waals surface area (Å²) in [6.07, 6.45) is 4.58. The monoisotopic (exact) mass is 284 g/mol. The Bertz CT molecular complexity index is 612. The van der Waals surface area contributed by atoms with Gasteiger partial charge in [0.05, 0.1) is 12.4 Å². The van der Waals surface area contributed by atoms with Gasteiger partial charge in [-0.05, 0) is 50.3 Å². The number of rotatable bonds is 1. The van der Waals surface area contributed by atoms with Crippen LogP contribution in [0.2, 0.25) is 0 Å². The van der Waals surface area contributed by atoms with Crippen LogP contribution in [0.15, 0.2) is 41.6 Å². The van der Waals surface area contributed by atoms with Crippen LogP contribution in [0.25, 0.3) is 0 Å². The molecule has 1 saturated heterocycles. The number of nitrogens with zero attached hydrogens (tertiary/aromatic N) is 2. The van der Waals surface area contributed by atoms with E-state index in [9.17, 15) is 4.79 Å². The first-order valence-electron chi connectivity index (χ1n) is 7.61. The highest BCUT2D eigenvalue weighted by atomic mass is 16.2. The van der Waals surface area contributed by atoms with Gasteiger partial charge in [0, 0.05) is 5.70 Å². The van der Waals surface area contributed by atoms with E-state index in [1.54, 1.807) is 5.01 Å². The van der Waals surface area contributed by atoms with Gasteiger partial charge in [-0.2, -0.15) is 5.43 Å². The maximum absolute atomic E-state index is 12.7. The van der Waals surface area contributed by atoms with E-state index in [0.717, 1.165) is 18.5 Å². The first-order valence-corrected chi connectivity index (χ1v) is 7.61. The minimum atomic E-state index is -0.395. The lowest BCUT2D eigenvalue weighted by atomic mass is 9.86. The van der Waals surface area contributed by atoms with Gasteiger partial charge in [-0.3, -0.25) is 4.90 Å². The molecule has 1 aromatic rings. The molecule has 1 unspecified atom stereocenters. The normalized spacial score (nSPS) is 28.3. The Morgan fingerprint density at radius 3 is 2.71 bits per heavy atom. The van der Waals surface area contributed by atoms with Crippen LogP contribution in [-0.2, 0) is 0 Å². The van der Waals surface area contributed by atoms with Crippen molar-refractivity contribution in [1.82, 2.24) is 15.6 Å². The van der Waals surface area contributed by atoms with Gasteiger partial charge in [0.1, 0.15) is 5.66 Å². The molecule has 2 N–H and O–H groups in total. The van der Waals surface area contributed by atoms with Gasteiger partial charge in [0.25, 0.3) is 0 Å². The van der Waals surface area contributed by atoms with Crippen molar-refractivity contribution in [3.8, 4) is 0 Å². The zero-order valence-corrected chi connectivity index (χ0v) is 12.2. The van der Waals surface area contributed by atoms with Crippen LogP contribution >= 0.6 is 0 Å². The topological polar surface area (TPSA) is 47.6 Å². The van der Waals surface area contributed by atoms with Crippen molar-refractivity contribution in [3.05, 3.63) is 41.6 Å². The van der Waals surface area contributed by atoms with Gasteiger partial charge < -0.3 is 5.32 Å². The number of nitrogens with one attached hydrogen (secondary N) is 2. The Hall–Kier alpha value is -2.01. The number of anilines is 1. The van der Waals surface area contributed by atoms with Gasteiger partial charge >= 0.3 is 6.03 Å². The summed E-state index contributed by atoms with van der Waals surface area (Å²) in [5.74, 6) is 0. The van der Waals surface area contributed by atoms with Gasteiger partial charge in [-0.1, -0.05) is 18.2 Å². The number of carbonyl (C=O) groups excluding carboxylic acids is 1. The smallest absolute Gasteiger partial charge is 0.342 e. The largest absolute Gasteiger partial charge is 0.371 e. The summed E-state index contributed by atoms with van der Waals surface area (Å²) in [7, 11) is 0. The molecule has 4 rings (SSSR count). The van der Waals surface area contributed by atoms with E-state index < -0.39 is 5.66 Å². The van der Waals surface area contributed by atoms with Crippen molar-refractivity contribution < 1.29 is 4.79 Å². The molecule has 1 fully saturated rings. The fourth-order valence-corrected chi connectivity index (χ4v) is 3.66. The first kappa shape index (κ1) is 12.7. The third-order valence-electron chi connectivity index (χ3n) is 4.81. The van der Waals surface area contributed by atoms with Crippen LogP contribution in [0.3, 0.4) is 0 Å². The summed E-state index contributed by atoms with van der Waals surface area (Å²) >= 11 is 0. The highest BCUT2D eigenvalue weighted by Gasteiger charge is 2.51.